The van der Waals surface area contributed by atoms with Crippen LogP contribution >= 0.6 is 0 Å². The first-order valence-corrected chi connectivity index (χ1v) is 9.77. The molecule has 1 saturated carbocycles. The van der Waals surface area contributed by atoms with Crippen LogP contribution in [-0.4, -0.2) is 5.11 Å². The van der Waals surface area contributed by atoms with Gasteiger partial charge in [-0.2, -0.15) is 0 Å². The van der Waals surface area contributed by atoms with Crippen molar-refractivity contribution in [2.75, 3.05) is 0 Å². The number of aromatic hydroxyl groups is 1. The van der Waals surface area contributed by atoms with E-state index < -0.39 is 0 Å². The molecular formula is C27H22O. The van der Waals surface area contributed by atoms with E-state index in [-0.39, 0.29) is 17.3 Å². The Balaban J connectivity index is 1.79. The number of hydrogen-bond acceptors (Lipinski definition) is 1. The second-order valence-corrected chi connectivity index (χ2v) is 7.53. The Labute approximate surface area is 165 Å². The first-order valence-electron chi connectivity index (χ1n) is 9.77. The van der Waals surface area contributed by atoms with E-state index >= 15 is 0 Å². The molecule has 0 heterocycles. The maximum Gasteiger partial charge on any atom is 0.119 e. The van der Waals surface area contributed by atoms with Crippen LogP contribution in [0.4, 0.5) is 0 Å². The number of rotatable bonds is 4. The fourth-order valence-electron chi connectivity index (χ4n) is 4.99. The molecule has 1 heteroatoms. The van der Waals surface area contributed by atoms with Crippen molar-refractivity contribution in [1.29, 1.82) is 0 Å². The Morgan fingerprint density at radius 1 is 0.500 bits per heavy atom. The van der Waals surface area contributed by atoms with E-state index in [1.165, 1.54) is 16.7 Å². The van der Waals surface area contributed by atoms with E-state index in [1.807, 2.05) is 12.1 Å². The fourth-order valence-corrected chi connectivity index (χ4v) is 4.99. The zero-order valence-corrected chi connectivity index (χ0v) is 15.6. The minimum Gasteiger partial charge on any atom is -0.508 e. The normalized spacial score (nSPS) is 19.9. The van der Waals surface area contributed by atoms with Crippen molar-refractivity contribution in [3.63, 3.8) is 0 Å². The van der Waals surface area contributed by atoms with E-state index in [0.717, 1.165) is 5.56 Å². The Morgan fingerprint density at radius 2 is 0.964 bits per heavy atom. The molecule has 1 nitrogen and oxygen atoms in total. The molecule has 2 atom stereocenters. The molecule has 0 aliphatic heterocycles. The minimum atomic E-state index is -0.192. The van der Waals surface area contributed by atoms with Crippen LogP contribution < -0.4 is 0 Å². The van der Waals surface area contributed by atoms with Crippen molar-refractivity contribution < 1.29 is 5.11 Å². The van der Waals surface area contributed by atoms with Crippen LogP contribution in [0.15, 0.2) is 115 Å². The molecule has 136 valence electrons. The summed E-state index contributed by atoms with van der Waals surface area (Å²) in [5.41, 5.74) is 4.72. The lowest BCUT2D eigenvalue weighted by Gasteiger charge is -2.21. The van der Waals surface area contributed by atoms with Crippen molar-refractivity contribution in [2.24, 2.45) is 0 Å². The summed E-state index contributed by atoms with van der Waals surface area (Å²) in [6.07, 6.45) is 0. The largest absolute Gasteiger partial charge is 0.508 e. The summed E-state index contributed by atoms with van der Waals surface area (Å²) in [5, 5.41) is 10.7. The van der Waals surface area contributed by atoms with Gasteiger partial charge in [0.1, 0.15) is 5.75 Å². The zero-order valence-electron chi connectivity index (χ0n) is 15.6. The van der Waals surface area contributed by atoms with Crippen molar-refractivity contribution >= 4 is 0 Å². The van der Waals surface area contributed by atoms with Gasteiger partial charge in [-0.3, -0.25) is 0 Å². The van der Waals surface area contributed by atoms with Gasteiger partial charge >= 0.3 is 0 Å². The molecule has 0 saturated heterocycles. The monoisotopic (exact) mass is 362 g/mol. The smallest absolute Gasteiger partial charge is 0.119 e. The molecule has 1 fully saturated rings. The zero-order chi connectivity index (χ0) is 19.0. The summed E-state index contributed by atoms with van der Waals surface area (Å²) in [4.78, 5) is 0. The van der Waals surface area contributed by atoms with Crippen molar-refractivity contribution in [3.8, 4) is 5.75 Å². The maximum absolute atomic E-state index is 10.7. The van der Waals surface area contributed by atoms with Crippen LogP contribution in [0.2, 0.25) is 0 Å². The standard InChI is InChI=1S/C27H22O/c28-24-19-11-10-18-23(24)26-25(20-12-4-1-5-13-20)27(26,21-14-6-2-7-15-21)22-16-8-3-9-17-22/h1-19,25-26,28H/t25-,26-/m0/s1. The lowest BCUT2D eigenvalue weighted by atomic mass is 9.82. The van der Waals surface area contributed by atoms with Gasteiger partial charge in [-0.25, -0.2) is 0 Å². The Hall–Kier alpha value is -3.32. The molecular weight excluding hydrogens is 340 g/mol. The van der Waals surface area contributed by atoms with E-state index in [1.54, 1.807) is 6.07 Å². The van der Waals surface area contributed by atoms with Crippen LogP contribution in [0.5, 0.6) is 5.75 Å². The molecule has 1 aliphatic carbocycles. The highest BCUT2D eigenvalue weighted by atomic mass is 16.3. The van der Waals surface area contributed by atoms with E-state index in [9.17, 15) is 5.11 Å². The summed E-state index contributed by atoms with van der Waals surface area (Å²) < 4.78 is 0. The lowest BCUT2D eigenvalue weighted by Crippen LogP contribution is -2.13. The number of phenols is 1. The Kier molecular flexibility index (Phi) is 4.02. The number of phenolic OH excluding ortho intramolecular Hbond substituents is 1. The first-order chi connectivity index (χ1) is 13.8. The quantitative estimate of drug-likeness (QED) is 0.454. The third-order valence-electron chi connectivity index (χ3n) is 6.14. The first kappa shape index (κ1) is 16.8. The Bertz CT molecular complexity index is 1030. The molecule has 0 amide bonds. The fraction of sp³-hybridized carbons (Fsp3) is 0.111. The third kappa shape index (κ3) is 2.47. The molecule has 5 rings (SSSR count). The summed E-state index contributed by atoms with van der Waals surface area (Å²) in [6, 6.07) is 40.0. The molecule has 1 aliphatic rings. The van der Waals surface area contributed by atoms with Gasteiger partial charge in [0.25, 0.3) is 0 Å². The summed E-state index contributed by atoms with van der Waals surface area (Å²) in [7, 11) is 0. The third-order valence-corrected chi connectivity index (χ3v) is 6.14. The molecule has 0 bridgehead atoms. The lowest BCUT2D eigenvalue weighted by molar-refractivity contribution is 0.467. The topological polar surface area (TPSA) is 20.2 Å². The van der Waals surface area contributed by atoms with Gasteiger partial charge in [0.05, 0.1) is 0 Å². The molecule has 0 unspecified atom stereocenters. The van der Waals surface area contributed by atoms with Gasteiger partial charge in [-0.15, -0.1) is 0 Å². The highest BCUT2D eigenvalue weighted by molar-refractivity contribution is 5.63. The number of para-hydroxylation sites is 1. The van der Waals surface area contributed by atoms with Crippen LogP contribution in [0.1, 0.15) is 34.1 Å². The Morgan fingerprint density at radius 3 is 1.50 bits per heavy atom. The number of benzene rings is 4. The molecule has 0 spiro atoms. The highest BCUT2D eigenvalue weighted by Crippen LogP contribution is 2.74. The van der Waals surface area contributed by atoms with E-state index in [2.05, 4.69) is 97.1 Å². The van der Waals surface area contributed by atoms with Gasteiger partial charge in [-0.05, 0) is 28.3 Å². The summed E-state index contributed by atoms with van der Waals surface area (Å²) >= 11 is 0. The van der Waals surface area contributed by atoms with Crippen molar-refractivity contribution in [2.45, 2.75) is 17.3 Å². The second-order valence-electron chi connectivity index (χ2n) is 7.53. The van der Waals surface area contributed by atoms with Gasteiger partial charge in [0.15, 0.2) is 0 Å². The molecule has 0 aromatic heterocycles. The van der Waals surface area contributed by atoms with Gasteiger partial charge in [0.2, 0.25) is 0 Å². The van der Waals surface area contributed by atoms with E-state index in [4.69, 9.17) is 0 Å². The van der Waals surface area contributed by atoms with Gasteiger partial charge in [0, 0.05) is 17.3 Å². The van der Waals surface area contributed by atoms with E-state index in [0.29, 0.717) is 5.75 Å². The average molecular weight is 362 g/mol. The van der Waals surface area contributed by atoms with Crippen LogP contribution in [0.3, 0.4) is 0 Å². The molecule has 4 aromatic rings. The molecule has 28 heavy (non-hydrogen) atoms. The van der Waals surface area contributed by atoms with Crippen LogP contribution in [-0.2, 0) is 5.41 Å². The molecule has 1 N–H and O–H groups in total. The summed E-state index contributed by atoms with van der Waals surface area (Å²) in [5.74, 6) is 0.829. The van der Waals surface area contributed by atoms with Crippen LogP contribution in [0, 0.1) is 0 Å². The average Bonchev–Trinajstić information content (AvgIpc) is 3.47. The molecule has 0 radical (unpaired) electrons. The molecule has 4 aromatic carbocycles. The highest BCUT2D eigenvalue weighted by Gasteiger charge is 2.67. The minimum absolute atomic E-state index is 0.181. The predicted molar refractivity (Wildman–Crippen MR) is 114 cm³/mol. The number of hydrogen-bond donors (Lipinski definition) is 1. The van der Waals surface area contributed by atoms with Crippen molar-refractivity contribution in [3.05, 3.63) is 138 Å². The SMILES string of the molecule is Oc1ccccc1[C@H]1[C@H](c2ccccc2)C1(c1ccccc1)c1ccccc1. The van der Waals surface area contributed by atoms with Gasteiger partial charge < -0.3 is 5.11 Å². The summed E-state index contributed by atoms with van der Waals surface area (Å²) in [6.45, 7) is 0. The van der Waals surface area contributed by atoms with Crippen LogP contribution in [0.25, 0.3) is 0 Å². The predicted octanol–water partition coefficient (Wildman–Crippen LogP) is 6.26. The van der Waals surface area contributed by atoms with Gasteiger partial charge in [-0.1, -0.05) is 109 Å². The van der Waals surface area contributed by atoms with Crippen molar-refractivity contribution in [1.82, 2.24) is 0 Å². The second kappa shape index (κ2) is 6.69. The maximum atomic E-state index is 10.7.